The standard InChI is InChI=1S/C5H7N3O2/c1-3-4(7-8-6)5(9)10-2/h3H,1-2H3/b4-3+. The van der Waals surface area contributed by atoms with Crippen LogP contribution in [0.2, 0.25) is 0 Å². The van der Waals surface area contributed by atoms with Crippen molar-refractivity contribution in [2.24, 2.45) is 5.11 Å². The van der Waals surface area contributed by atoms with Crippen molar-refractivity contribution < 1.29 is 9.53 Å². The monoisotopic (exact) mass is 141 g/mol. The highest BCUT2D eigenvalue weighted by atomic mass is 16.5. The van der Waals surface area contributed by atoms with Crippen LogP contribution in [0.5, 0.6) is 0 Å². The minimum atomic E-state index is -0.625. The van der Waals surface area contributed by atoms with Crippen molar-refractivity contribution in [3.05, 3.63) is 22.2 Å². The molecule has 0 amide bonds. The fourth-order valence-corrected chi connectivity index (χ4v) is 0.369. The predicted molar refractivity (Wildman–Crippen MR) is 34.9 cm³/mol. The number of esters is 1. The highest BCUT2D eigenvalue weighted by Gasteiger charge is 2.03. The van der Waals surface area contributed by atoms with Crippen LogP contribution in [0.4, 0.5) is 0 Å². The summed E-state index contributed by atoms with van der Waals surface area (Å²) in [6, 6.07) is 0. The maximum Gasteiger partial charge on any atom is 0.339 e. The molecule has 0 atom stereocenters. The normalized spacial score (nSPS) is 10.0. The Morgan fingerprint density at radius 1 is 1.80 bits per heavy atom. The van der Waals surface area contributed by atoms with Gasteiger partial charge in [-0.3, -0.25) is 0 Å². The summed E-state index contributed by atoms with van der Waals surface area (Å²) >= 11 is 0. The lowest BCUT2D eigenvalue weighted by molar-refractivity contribution is -0.136. The van der Waals surface area contributed by atoms with E-state index in [1.165, 1.54) is 13.2 Å². The number of hydrogen-bond donors (Lipinski definition) is 0. The van der Waals surface area contributed by atoms with Crippen LogP contribution < -0.4 is 0 Å². The van der Waals surface area contributed by atoms with Gasteiger partial charge in [0.05, 0.1) is 7.11 Å². The lowest BCUT2D eigenvalue weighted by Gasteiger charge is -1.93. The van der Waals surface area contributed by atoms with Gasteiger partial charge in [0.15, 0.2) is 0 Å². The van der Waals surface area contributed by atoms with Crippen molar-refractivity contribution in [2.45, 2.75) is 6.92 Å². The van der Waals surface area contributed by atoms with Gasteiger partial charge in [0.2, 0.25) is 0 Å². The van der Waals surface area contributed by atoms with Gasteiger partial charge in [-0.15, -0.1) is 0 Å². The number of rotatable bonds is 2. The Hall–Kier alpha value is -1.48. The van der Waals surface area contributed by atoms with E-state index in [9.17, 15) is 4.79 Å². The number of ether oxygens (including phenoxy) is 1. The summed E-state index contributed by atoms with van der Waals surface area (Å²) < 4.78 is 4.28. The van der Waals surface area contributed by atoms with Crippen LogP contribution in [-0.2, 0) is 9.53 Å². The number of hydrogen-bond acceptors (Lipinski definition) is 3. The second-order valence-corrected chi connectivity index (χ2v) is 1.35. The van der Waals surface area contributed by atoms with E-state index in [0.29, 0.717) is 0 Å². The van der Waals surface area contributed by atoms with Gasteiger partial charge in [-0.25, -0.2) is 4.79 Å². The number of methoxy groups -OCH3 is 1. The molecule has 5 nitrogen and oxygen atoms in total. The molecule has 0 bridgehead atoms. The van der Waals surface area contributed by atoms with E-state index in [-0.39, 0.29) is 5.70 Å². The van der Waals surface area contributed by atoms with E-state index in [1.54, 1.807) is 6.92 Å². The largest absolute Gasteiger partial charge is 0.466 e. The molecule has 0 heterocycles. The summed E-state index contributed by atoms with van der Waals surface area (Å²) in [4.78, 5) is 13.0. The quantitative estimate of drug-likeness (QED) is 0.191. The summed E-state index contributed by atoms with van der Waals surface area (Å²) in [5, 5.41) is 3.08. The molecule has 0 fully saturated rings. The molecular formula is C5H7N3O2. The number of allylic oxidation sites excluding steroid dienone is 1. The molecule has 0 unspecified atom stereocenters. The van der Waals surface area contributed by atoms with Gasteiger partial charge in [-0.05, 0) is 12.5 Å². The highest BCUT2D eigenvalue weighted by molar-refractivity contribution is 5.87. The Kier molecular flexibility index (Phi) is 3.75. The molecule has 0 aliphatic carbocycles. The first-order valence-corrected chi connectivity index (χ1v) is 2.56. The maximum absolute atomic E-state index is 10.6. The second-order valence-electron chi connectivity index (χ2n) is 1.35. The van der Waals surface area contributed by atoms with Crippen molar-refractivity contribution in [3.63, 3.8) is 0 Å². The van der Waals surface area contributed by atoms with Crippen LogP contribution in [0, 0.1) is 0 Å². The minimum Gasteiger partial charge on any atom is -0.466 e. The molecule has 0 aromatic rings. The van der Waals surface area contributed by atoms with E-state index >= 15 is 0 Å². The van der Waals surface area contributed by atoms with Crippen LogP contribution in [-0.4, -0.2) is 13.1 Å². The van der Waals surface area contributed by atoms with Gasteiger partial charge in [-0.2, -0.15) is 0 Å². The lowest BCUT2D eigenvalue weighted by atomic mass is 10.4. The molecular weight excluding hydrogens is 134 g/mol. The van der Waals surface area contributed by atoms with Crippen LogP contribution in [0.1, 0.15) is 6.92 Å². The summed E-state index contributed by atoms with van der Waals surface area (Å²) in [6.07, 6.45) is 1.38. The molecule has 0 N–H and O–H groups in total. The van der Waals surface area contributed by atoms with Crippen LogP contribution in [0.15, 0.2) is 16.9 Å². The second kappa shape index (κ2) is 4.40. The zero-order valence-corrected chi connectivity index (χ0v) is 5.74. The number of carbonyl (C=O) groups excluding carboxylic acids is 1. The average Bonchev–Trinajstić information content (AvgIpc) is 1.99. The summed E-state index contributed by atoms with van der Waals surface area (Å²) in [5.74, 6) is -0.625. The number of carbonyl (C=O) groups is 1. The van der Waals surface area contributed by atoms with Crippen molar-refractivity contribution >= 4 is 5.97 Å². The molecule has 10 heavy (non-hydrogen) atoms. The van der Waals surface area contributed by atoms with Gasteiger partial charge in [0.25, 0.3) is 0 Å². The number of nitrogens with zero attached hydrogens (tertiary/aromatic N) is 3. The Morgan fingerprint density at radius 3 is 2.70 bits per heavy atom. The van der Waals surface area contributed by atoms with Crippen molar-refractivity contribution in [1.29, 1.82) is 0 Å². The molecule has 0 aromatic heterocycles. The van der Waals surface area contributed by atoms with Gasteiger partial charge in [0.1, 0.15) is 5.70 Å². The molecule has 0 rings (SSSR count). The summed E-state index contributed by atoms with van der Waals surface area (Å²) in [5.41, 5.74) is 7.90. The van der Waals surface area contributed by atoms with Crippen molar-refractivity contribution in [1.82, 2.24) is 0 Å². The first-order valence-electron chi connectivity index (χ1n) is 2.56. The summed E-state index contributed by atoms with van der Waals surface area (Å²) in [7, 11) is 1.22. The van der Waals surface area contributed by atoms with Gasteiger partial charge in [-0.1, -0.05) is 11.2 Å². The number of azide groups is 1. The molecule has 0 aromatic carbocycles. The van der Waals surface area contributed by atoms with E-state index in [2.05, 4.69) is 14.8 Å². The molecule has 0 spiro atoms. The minimum absolute atomic E-state index is 0.0231. The van der Waals surface area contributed by atoms with Gasteiger partial charge >= 0.3 is 5.97 Å². The fraction of sp³-hybridized carbons (Fsp3) is 0.400. The zero-order chi connectivity index (χ0) is 7.98. The SMILES string of the molecule is C/C=C(/N=[N+]=[N-])C(=O)OC. The third-order valence-corrected chi connectivity index (χ3v) is 0.820. The molecule has 0 aliphatic heterocycles. The van der Waals surface area contributed by atoms with Crippen LogP contribution in [0.3, 0.4) is 0 Å². The maximum atomic E-state index is 10.6. The van der Waals surface area contributed by atoms with E-state index < -0.39 is 5.97 Å². The smallest absolute Gasteiger partial charge is 0.339 e. The van der Waals surface area contributed by atoms with Crippen molar-refractivity contribution in [2.75, 3.05) is 7.11 Å². The zero-order valence-electron chi connectivity index (χ0n) is 5.74. The first-order chi connectivity index (χ1) is 4.76. The lowest BCUT2D eigenvalue weighted by Crippen LogP contribution is -2.01. The van der Waals surface area contributed by atoms with E-state index in [0.717, 1.165) is 0 Å². The predicted octanol–water partition coefficient (Wildman–Crippen LogP) is 1.37. The Balaban J connectivity index is 4.38. The van der Waals surface area contributed by atoms with Crippen molar-refractivity contribution in [3.8, 4) is 0 Å². The van der Waals surface area contributed by atoms with Gasteiger partial charge in [0, 0.05) is 4.91 Å². The molecule has 0 radical (unpaired) electrons. The van der Waals surface area contributed by atoms with Gasteiger partial charge < -0.3 is 4.74 Å². The molecule has 0 aliphatic rings. The molecule has 0 saturated carbocycles. The average molecular weight is 141 g/mol. The van der Waals surface area contributed by atoms with Crippen LogP contribution >= 0.6 is 0 Å². The molecule has 5 heteroatoms. The van der Waals surface area contributed by atoms with E-state index in [4.69, 9.17) is 5.53 Å². The Morgan fingerprint density at radius 2 is 2.40 bits per heavy atom. The first kappa shape index (κ1) is 8.52. The van der Waals surface area contributed by atoms with E-state index in [1.807, 2.05) is 0 Å². The highest BCUT2D eigenvalue weighted by Crippen LogP contribution is 1.98. The summed E-state index contributed by atoms with van der Waals surface area (Å²) in [6.45, 7) is 1.58. The fourth-order valence-electron chi connectivity index (χ4n) is 0.369. The molecule has 54 valence electrons. The third-order valence-electron chi connectivity index (χ3n) is 0.820. The molecule has 0 saturated heterocycles. The topological polar surface area (TPSA) is 75.1 Å². The Bertz CT molecular complexity index is 203. The third kappa shape index (κ3) is 2.19. The van der Waals surface area contributed by atoms with Crippen LogP contribution in [0.25, 0.3) is 10.4 Å². The Labute approximate surface area is 57.9 Å².